The van der Waals surface area contributed by atoms with Crippen molar-refractivity contribution >= 4 is 22.8 Å². The van der Waals surface area contributed by atoms with Gasteiger partial charge in [-0.25, -0.2) is 4.79 Å². The van der Waals surface area contributed by atoms with Crippen molar-refractivity contribution in [3.8, 4) is 0 Å². The normalized spacial score (nSPS) is 12.2. The largest absolute Gasteiger partial charge is 0.467 e. The van der Waals surface area contributed by atoms with Crippen LogP contribution in [0.4, 0.5) is 0 Å². The predicted octanol–water partition coefficient (Wildman–Crippen LogP) is 1.31. The Bertz CT molecular complexity index is 650. The molecule has 0 fully saturated rings. The summed E-state index contributed by atoms with van der Waals surface area (Å²) >= 11 is 0. The Morgan fingerprint density at radius 3 is 2.62 bits per heavy atom. The van der Waals surface area contributed by atoms with E-state index in [4.69, 9.17) is 4.42 Å². The average molecular weight is 291 g/mol. The number of nitrogens with one attached hydrogen (secondary N) is 1. The molecule has 0 saturated carbocycles. The highest BCUT2D eigenvalue weighted by Gasteiger charge is 2.18. The summed E-state index contributed by atoms with van der Waals surface area (Å²) in [5, 5.41) is 12.7. The van der Waals surface area contributed by atoms with E-state index in [0.717, 1.165) is 23.6 Å². The molecule has 6 nitrogen and oxygen atoms in total. The lowest BCUT2D eigenvalue weighted by Crippen LogP contribution is -2.37. The molecule has 112 valence electrons. The van der Waals surface area contributed by atoms with Gasteiger partial charge in [0.25, 0.3) is 5.91 Å². The molecule has 2 N–H and O–H groups in total. The second kappa shape index (κ2) is 5.97. The van der Waals surface area contributed by atoms with E-state index >= 15 is 0 Å². The molecule has 1 aromatic heterocycles. The molecule has 2 aromatic rings. The number of methoxy groups -OCH3 is 1. The van der Waals surface area contributed by atoms with E-state index in [1.54, 1.807) is 6.07 Å². The van der Waals surface area contributed by atoms with Crippen molar-refractivity contribution < 1.29 is 23.8 Å². The zero-order valence-corrected chi connectivity index (χ0v) is 12.1. The van der Waals surface area contributed by atoms with E-state index in [-0.39, 0.29) is 12.3 Å². The number of hydrogen-bond acceptors (Lipinski definition) is 5. The quantitative estimate of drug-likeness (QED) is 0.829. The molecule has 1 aromatic carbocycles. The third-order valence-electron chi connectivity index (χ3n) is 3.29. The van der Waals surface area contributed by atoms with Gasteiger partial charge < -0.3 is 19.6 Å². The molecule has 0 aliphatic heterocycles. The van der Waals surface area contributed by atoms with Crippen molar-refractivity contribution in [3.63, 3.8) is 0 Å². The number of aliphatic hydroxyl groups excluding tert-OH is 1. The first kappa shape index (κ1) is 15.1. The summed E-state index contributed by atoms with van der Waals surface area (Å²) in [6.07, 6.45) is -1.40. The maximum Gasteiger partial charge on any atom is 0.336 e. The summed E-state index contributed by atoms with van der Waals surface area (Å²) in [6, 6.07) is 5.43. The van der Waals surface area contributed by atoms with Crippen LogP contribution in [0.1, 0.15) is 21.7 Å². The number of carbonyl (C=O) groups excluding carboxylic acids is 2. The monoisotopic (exact) mass is 291 g/mol. The Hall–Kier alpha value is -2.34. The number of benzene rings is 1. The van der Waals surface area contributed by atoms with Gasteiger partial charge in [-0.15, -0.1) is 0 Å². The van der Waals surface area contributed by atoms with Gasteiger partial charge in [-0.05, 0) is 43.2 Å². The molecular weight excluding hydrogens is 274 g/mol. The number of furan rings is 1. The van der Waals surface area contributed by atoms with Crippen LogP contribution in [0.15, 0.2) is 22.6 Å². The summed E-state index contributed by atoms with van der Waals surface area (Å²) in [5.74, 6) is -1.16. The number of esters is 1. The van der Waals surface area contributed by atoms with Gasteiger partial charge >= 0.3 is 5.97 Å². The lowest BCUT2D eigenvalue weighted by molar-refractivity contribution is -0.149. The van der Waals surface area contributed by atoms with E-state index in [2.05, 4.69) is 10.1 Å². The summed E-state index contributed by atoms with van der Waals surface area (Å²) in [6.45, 7) is 3.71. The van der Waals surface area contributed by atoms with Crippen LogP contribution in [0, 0.1) is 13.8 Å². The minimum Gasteiger partial charge on any atom is -0.467 e. The molecule has 21 heavy (non-hydrogen) atoms. The van der Waals surface area contributed by atoms with Crippen LogP contribution in [0.25, 0.3) is 11.0 Å². The fourth-order valence-electron chi connectivity index (χ4n) is 1.91. The average Bonchev–Trinajstić information content (AvgIpc) is 2.86. The number of carbonyl (C=O) groups is 2. The van der Waals surface area contributed by atoms with Crippen molar-refractivity contribution in [2.45, 2.75) is 20.0 Å². The molecule has 0 radical (unpaired) electrons. The van der Waals surface area contributed by atoms with Crippen molar-refractivity contribution in [2.24, 2.45) is 0 Å². The topological polar surface area (TPSA) is 88.8 Å². The highest BCUT2D eigenvalue weighted by molar-refractivity contribution is 5.96. The number of rotatable bonds is 4. The van der Waals surface area contributed by atoms with E-state index < -0.39 is 18.0 Å². The van der Waals surface area contributed by atoms with Gasteiger partial charge in [-0.1, -0.05) is 0 Å². The third kappa shape index (κ3) is 3.22. The fraction of sp³-hybridized carbons (Fsp3) is 0.333. The molecular formula is C15H17NO5. The van der Waals surface area contributed by atoms with Crippen LogP contribution in [0.3, 0.4) is 0 Å². The molecule has 0 unspecified atom stereocenters. The van der Waals surface area contributed by atoms with E-state index in [9.17, 15) is 14.7 Å². The number of fused-ring (bicyclic) bond motifs is 1. The predicted molar refractivity (Wildman–Crippen MR) is 76.0 cm³/mol. The zero-order chi connectivity index (χ0) is 15.6. The van der Waals surface area contributed by atoms with Gasteiger partial charge in [-0.2, -0.15) is 0 Å². The van der Waals surface area contributed by atoms with Crippen molar-refractivity contribution in [1.82, 2.24) is 5.32 Å². The van der Waals surface area contributed by atoms with Crippen LogP contribution >= 0.6 is 0 Å². The second-order valence-electron chi connectivity index (χ2n) is 4.83. The van der Waals surface area contributed by atoms with Gasteiger partial charge in [0, 0.05) is 5.39 Å². The minimum absolute atomic E-state index is 0.132. The van der Waals surface area contributed by atoms with Crippen LogP contribution in [0.2, 0.25) is 0 Å². The Balaban J connectivity index is 2.11. The summed E-state index contributed by atoms with van der Waals surface area (Å²) in [4.78, 5) is 23.0. The van der Waals surface area contributed by atoms with Crippen LogP contribution in [-0.4, -0.2) is 36.7 Å². The zero-order valence-electron chi connectivity index (χ0n) is 12.1. The molecule has 1 atom stereocenters. The number of amides is 1. The number of hydrogen-bond donors (Lipinski definition) is 2. The Morgan fingerprint density at radius 2 is 1.95 bits per heavy atom. The van der Waals surface area contributed by atoms with Crippen LogP contribution in [0.5, 0.6) is 0 Å². The van der Waals surface area contributed by atoms with Gasteiger partial charge in [-0.3, -0.25) is 4.79 Å². The first-order valence-corrected chi connectivity index (χ1v) is 6.47. The lowest BCUT2D eigenvalue weighted by Gasteiger charge is -2.08. The van der Waals surface area contributed by atoms with E-state index in [0.29, 0.717) is 5.58 Å². The fourth-order valence-corrected chi connectivity index (χ4v) is 1.91. The molecule has 0 aliphatic carbocycles. The molecule has 0 aliphatic rings. The Morgan fingerprint density at radius 1 is 1.29 bits per heavy atom. The summed E-state index contributed by atoms with van der Waals surface area (Å²) in [5.41, 5.74) is 2.80. The highest BCUT2D eigenvalue weighted by Crippen LogP contribution is 2.23. The Labute approximate surface area is 121 Å². The van der Waals surface area contributed by atoms with Gasteiger partial charge in [0.2, 0.25) is 0 Å². The summed E-state index contributed by atoms with van der Waals surface area (Å²) in [7, 11) is 1.16. The lowest BCUT2D eigenvalue weighted by atomic mass is 10.1. The van der Waals surface area contributed by atoms with Gasteiger partial charge in [0.15, 0.2) is 11.9 Å². The van der Waals surface area contributed by atoms with Gasteiger partial charge in [0.05, 0.1) is 13.7 Å². The molecule has 6 heteroatoms. The van der Waals surface area contributed by atoms with Crippen molar-refractivity contribution in [3.05, 3.63) is 35.1 Å². The molecule has 2 rings (SSSR count). The van der Waals surface area contributed by atoms with Gasteiger partial charge in [0.1, 0.15) is 5.58 Å². The molecule has 0 spiro atoms. The van der Waals surface area contributed by atoms with Crippen LogP contribution < -0.4 is 5.32 Å². The smallest absolute Gasteiger partial charge is 0.336 e. The standard InChI is InChI=1S/C15H17NO5/c1-8-4-10-6-13(21-12(10)5-9(8)2)14(18)16-7-11(17)15(19)20-3/h4-6,11,17H,7H2,1-3H3,(H,16,18)/t11-/m0/s1. The van der Waals surface area contributed by atoms with E-state index in [1.807, 2.05) is 26.0 Å². The number of aryl methyl sites for hydroxylation is 2. The minimum atomic E-state index is -1.40. The third-order valence-corrected chi connectivity index (χ3v) is 3.29. The molecule has 0 saturated heterocycles. The first-order valence-electron chi connectivity index (χ1n) is 6.47. The molecule has 1 heterocycles. The second-order valence-corrected chi connectivity index (χ2v) is 4.83. The molecule has 0 bridgehead atoms. The van der Waals surface area contributed by atoms with Crippen molar-refractivity contribution in [1.29, 1.82) is 0 Å². The maximum absolute atomic E-state index is 11.9. The maximum atomic E-state index is 11.9. The molecule has 1 amide bonds. The summed E-state index contributed by atoms with van der Waals surface area (Å²) < 4.78 is 9.84. The van der Waals surface area contributed by atoms with Crippen molar-refractivity contribution in [2.75, 3.05) is 13.7 Å². The highest BCUT2D eigenvalue weighted by atomic mass is 16.5. The first-order chi connectivity index (χ1) is 9.92. The Kier molecular flexibility index (Phi) is 4.28. The number of ether oxygens (including phenoxy) is 1. The van der Waals surface area contributed by atoms with E-state index in [1.165, 1.54) is 0 Å². The number of aliphatic hydroxyl groups is 1. The van der Waals surface area contributed by atoms with Crippen LogP contribution in [-0.2, 0) is 9.53 Å². The SMILES string of the molecule is COC(=O)[C@@H](O)CNC(=O)c1cc2cc(C)c(C)cc2o1.